The van der Waals surface area contributed by atoms with Crippen LogP contribution >= 0.6 is 23.4 Å². The molecule has 2 rings (SSSR count). The first kappa shape index (κ1) is 13.9. The average molecular weight is 294 g/mol. The number of nitrogens with zero attached hydrogens (tertiary/aromatic N) is 1. The molecule has 0 bridgehead atoms. The molecule has 0 saturated heterocycles. The Bertz CT molecular complexity index is 643. The van der Waals surface area contributed by atoms with Crippen LogP contribution in [0.1, 0.15) is 21.5 Å². The molecular weight excluding hydrogens is 282 g/mol. The topological polar surface area (TPSA) is 50.2 Å². The van der Waals surface area contributed by atoms with Crippen LogP contribution in [0, 0.1) is 13.8 Å². The molecule has 1 aromatic heterocycles. The molecule has 19 heavy (non-hydrogen) atoms. The second-order valence-electron chi connectivity index (χ2n) is 4.16. The van der Waals surface area contributed by atoms with Gasteiger partial charge in [-0.1, -0.05) is 35.5 Å². The number of pyridine rings is 1. The Balaban J connectivity index is 2.45. The Kier molecular flexibility index (Phi) is 4.12. The fourth-order valence-electron chi connectivity index (χ4n) is 1.58. The van der Waals surface area contributed by atoms with E-state index in [1.807, 2.05) is 32.0 Å². The molecule has 0 atom stereocenters. The van der Waals surface area contributed by atoms with E-state index < -0.39 is 5.97 Å². The van der Waals surface area contributed by atoms with Crippen LogP contribution in [-0.4, -0.2) is 16.1 Å². The number of carboxylic acids is 1. The van der Waals surface area contributed by atoms with Crippen LogP contribution in [0.2, 0.25) is 5.15 Å². The lowest BCUT2D eigenvalue weighted by atomic mass is 10.2. The molecule has 0 radical (unpaired) electrons. The molecule has 3 nitrogen and oxygen atoms in total. The van der Waals surface area contributed by atoms with Crippen LogP contribution in [0.5, 0.6) is 0 Å². The predicted molar refractivity (Wildman–Crippen MR) is 76.2 cm³/mol. The van der Waals surface area contributed by atoms with Gasteiger partial charge in [0.05, 0.1) is 5.56 Å². The standard InChI is InChI=1S/C14H12ClNO2S/c1-8-3-4-9(2)11(7-8)19-13-10(14(17)18)5-6-12(15)16-13/h3-7H,1-2H3,(H,17,18). The highest BCUT2D eigenvalue weighted by Crippen LogP contribution is 2.32. The maximum Gasteiger partial charge on any atom is 0.338 e. The zero-order valence-corrected chi connectivity index (χ0v) is 12.0. The molecule has 0 fully saturated rings. The molecule has 1 heterocycles. The summed E-state index contributed by atoms with van der Waals surface area (Å²) in [4.78, 5) is 16.3. The van der Waals surface area contributed by atoms with Gasteiger partial charge in [0.2, 0.25) is 0 Å². The molecular formula is C14H12ClNO2S. The second-order valence-corrected chi connectivity index (χ2v) is 5.58. The summed E-state index contributed by atoms with van der Waals surface area (Å²) in [6, 6.07) is 8.99. The quantitative estimate of drug-likeness (QED) is 0.862. The summed E-state index contributed by atoms with van der Waals surface area (Å²) < 4.78 is 0. The first-order valence-corrected chi connectivity index (χ1v) is 6.82. The minimum atomic E-state index is -1.00. The number of hydrogen-bond acceptors (Lipinski definition) is 3. The lowest BCUT2D eigenvalue weighted by molar-refractivity contribution is 0.0692. The third kappa shape index (κ3) is 3.28. The Morgan fingerprint density at radius 1 is 1.26 bits per heavy atom. The minimum absolute atomic E-state index is 0.162. The lowest BCUT2D eigenvalue weighted by Crippen LogP contribution is -2.01. The molecule has 0 amide bonds. The summed E-state index contributed by atoms with van der Waals surface area (Å²) >= 11 is 7.16. The number of hydrogen-bond donors (Lipinski definition) is 1. The smallest absolute Gasteiger partial charge is 0.338 e. The van der Waals surface area contributed by atoms with E-state index in [4.69, 9.17) is 16.7 Å². The van der Waals surface area contributed by atoms with Crippen molar-refractivity contribution in [2.24, 2.45) is 0 Å². The fourth-order valence-corrected chi connectivity index (χ4v) is 2.87. The van der Waals surface area contributed by atoms with Crippen LogP contribution in [0.15, 0.2) is 40.3 Å². The van der Waals surface area contributed by atoms with Crippen LogP contribution in [-0.2, 0) is 0 Å². The van der Waals surface area contributed by atoms with Gasteiger partial charge in [-0.05, 0) is 43.2 Å². The third-order valence-electron chi connectivity index (χ3n) is 2.61. The number of rotatable bonds is 3. The van der Waals surface area contributed by atoms with Gasteiger partial charge < -0.3 is 5.11 Å². The monoisotopic (exact) mass is 293 g/mol. The van der Waals surface area contributed by atoms with E-state index in [2.05, 4.69) is 4.98 Å². The molecule has 1 N–H and O–H groups in total. The maximum atomic E-state index is 11.2. The van der Waals surface area contributed by atoms with Gasteiger partial charge in [0, 0.05) is 4.90 Å². The van der Waals surface area contributed by atoms with Crippen molar-refractivity contribution in [3.63, 3.8) is 0 Å². The number of carboxylic acid groups (broad SMARTS) is 1. The molecule has 2 aromatic rings. The summed E-state index contributed by atoms with van der Waals surface area (Å²) in [5.41, 5.74) is 2.36. The summed E-state index contributed by atoms with van der Waals surface area (Å²) in [7, 11) is 0. The largest absolute Gasteiger partial charge is 0.478 e. The number of aromatic carboxylic acids is 1. The van der Waals surface area contributed by atoms with Gasteiger partial charge >= 0.3 is 5.97 Å². The van der Waals surface area contributed by atoms with Gasteiger partial charge in [-0.3, -0.25) is 0 Å². The highest BCUT2D eigenvalue weighted by atomic mass is 35.5. The Hall–Kier alpha value is -1.52. The molecule has 98 valence electrons. The molecule has 1 aromatic carbocycles. The van der Waals surface area contributed by atoms with E-state index in [0.29, 0.717) is 5.03 Å². The van der Waals surface area contributed by atoms with Gasteiger partial charge in [-0.2, -0.15) is 0 Å². The summed E-state index contributed by atoms with van der Waals surface area (Å²) in [6.07, 6.45) is 0. The average Bonchev–Trinajstić information content (AvgIpc) is 2.33. The van der Waals surface area contributed by atoms with Crippen LogP contribution in [0.4, 0.5) is 0 Å². The molecule has 0 aliphatic rings. The Labute approximate surface area is 120 Å². The van der Waals surface area contributed by atoms with Gasteiger partial charge in [-0.15, -0.1) is 0 Å². The van der Waals surface area contributed by atoms with Gasteiger partial charge in [-0.25, -0.2) is 9.78 Å². The van der Waals surface area contributed by atoms with E-state index in [9.17, 15) is 4.79 Å². The maximum absolute atomic E-state index is 11.2. The molecule has 0 unspecified atom stereocenters. The van der Waals surface area contributed by atoms with Crippen molar-refractivity contribution < 1.29 is 9.90 Å². The molecule has 0 aliphatic heterocycles. The van der Waals surface area contributed by atoms with Crippen molar-refractivity contribution in [2.45, 2.75) is 23.8 Å². The first-order chi connectivity index (χ1) is 8.97. The van der Waals surface area contributed by atoms with Crippen molar-refractivity contribution in [1.29, 1.82) is 0 Å². The summed E-state index contributed by atoms with van der Waals surface area (Å²) in [6.45, 7) is 3.97. The zero-order chi connectivity index (χ0) is 14.0. The van der Waals surface area contributed by atoms with Crippen LogP contribution < -0.4 is 0 Å². The Morgan fingerprint density at radius 3 is 2.68 bits per heavy atom. The number of aromatic nitrogens is 1. The van der Waals surface area contributed by atoms with E-state index in [1.54, 1.807) is 0 Å². The molecule has 0 aliphatic carbocycles. The predicted octanol–water partition coefficient (Wildman–Crippen LogP) is 4.20. The molecule has 0 spiro atoms. The van der Waals surface area contributed by atoms with Crippen molar-refractivity contribution >= 4 is 29.3 Å². The summed E-state index contributed by atoms with van der Waals surface area (Å²) in [5.74, 6) is -1.00. The van der Waals surface area contributed by atoms with E-state index in [0.717, 1.165) is 16.0 Å². The van der Waals surface area contributed by atoms with Crippen LogP contribution in [0.3, 0.4) is 0 Å². The van der Waals surface area contributed by atoms with E-state index in [-0.39, 0.29) is 10.7 Å². The lowest BCUT2D eigenvalue weighted by Gasteiger charge is -2.08. The first-order valence-electron chi connectivity index (χ1n) is 5.62. The van der Waals surface area contributed by atoms with Crippen molar-refractivity contribution in [1.82, 2.24) is 4.98 Å². The van der Waals surface area contributed by atoms with Gasteiger partial charge in [0.1, 0.15) is 10.2 Å². The van der Waals surface area contributed by atoms with Crippen molar-refractivity contribution in [3.8, 4) is 0 Å². The van der Waals surface area contributed by atoms with Gasteiger partial charge in [0.25, 0.3) is 0 Å². The van der Waals surface area contributed by atoms with Crippen LogP contribution in [0.25, 0.3) is 0 Å². The van der Waals surface area contributed by atoms with Gasteiger partial charge in [0.15, 0.2) is 0 Å². The van der Waals surface area contributed by atoms with E-state index in [1.165, 1.54) is 23.9 Å². The number of carbonyl (C=O) groups is 1. The van der Waals surface area contributed by atoms with Crippen molar-refractivity contribution in [2.75, 3.05) is 0 Å². The SMILES string of the molecule is Cc1ccc(C)c(Sc2nc(Cl)ccc2C(=O)O)c1. The minimum Gasteiger partial charge on any atom is -0.478 e. The zero-order valence-electron chi connectivity index (χ0n) is 10.5. The van der Waals surface area contributed by atoms with E-state index >= 15 is 0 Å². The number of benzene rings is 1. The second kappa shape index (κ2) is 5.63. The Morgan fingerprint density at radius 2 is 2.00 bits per heavy atom. The normalized spacial score (nSPS) is 10.5. The summed E-state index contributed by atoms with van der Waals surface area (Å²) in [5, 5.41) is 9.86. The third-order valence-corrected chi connectivity index (χ3v) is 3.98. The number of halogens is 1. The molecule has 5 heteroatoms. The van der Waals surface area contributed by atoms with Crippen molar-refractivity contribution in [3.05, 3.63) is 52.2 Å². The molecule has 0 saturated carbocycles. The number of aryl methyl sites for hydroxylation is 2. The highest BCUT2D eigenvalue weighted by molar-refractivity contribution is 7.99. The highest BCUT2D eigenvalue weighted by Gasteiger charge is 2.14. The fraction of sp³-hybridized carbons (Fsp3) is 0.143.